The maximum atomic E-state index is 11.4. The van der Waals surface area contributed by atoms with E-state index in [1.165, 1.54) is 0 Å². The number of carbonyl (C=O) groups is 2. The first-order valence-electron chi connectivity index (χ1n) is 5.20. The molecule has 5 heteroatoms. The Balaban J connectivity index is 3.77. The Morgan fingerprint density at radius 1 is 1.20 bits per heavy atom. The molecule has 0 aliphatic heterocycles. The molecule has 0 aromatic carbocycles. The number of hydrogen-bond donors (Lipinski definition) is 3. The van der Waals surface area contributed by atoms with Crippen LogP contribution in [0.5, 0.6) is 0 Å². The molecule has 0 aliphatic carbocycles. The van der Waals surface area contributed by atoms with Crippen LogP contribution in [0.15, 0.2) is 0 Å². The zero-order valence-electron chi connectivity index (χ0n) is 9.54. The van der Waals surface area contributed by atoms with Crippen molar-refractivity contribution in [2.75, 3.05) is 19.6 Å². The zero-order chi connectivity index (χ0) is 11.8. The minimum Gasteiger partial charge on any atom is -0.481 e. The average Bonchev–Trinajstić information content (AvgIpc) is 2.21. The summed E-state index contributed by atoms with van der Waals surface area (Å²) in [6.07, 6.45) is 0. The predicted molar refractivity (Wildman–Crippen MR) is 57.5 cm³/mol. The lowest BCUT2D eigenvalue weighted by molar-refractivity contribution is -0.141. The molecular formula is C10H20N2O3. The lowest BCUT2D eigenvalue weighted by atomic mass is 10.1. The first kappa shape index (κ1) is 13.9. The second-order valence-electron chi connectivity index (χ2n) is 3.69. The first-order chi connectivity index (χ1) is 6.99. The summed E-state index contributed by atoms with van der Waals surface area (Å²) in [5.74, 6) is -1.68. The number of rotatable bonds is 7. The molecule has 88 valence electrons. The number of aliphatic carboxylic acids is 1. The standard InChI is InChI=1S/C10H20N2O3/c1-4-11-5-7(2)9(13)12-6-8(3)10(14)15/h7-8,11H,4-6H2,1-3H3,(H,12,13)(H,14,15). The molecule has 5 nitrogen and oxygen atoms in total. The van der Waals surface area contributed by atoms with E-state index in [0.717, 1.165) is 6.54 Å². The molecule has 0 aliphatic rings. The number of hydrogen-bond acceptors (Lipinski definition) is 3. The highest BCUT2D eigenvalue weighted by Gasteiger charge is 2.15. The van der Waals surface area contributed by atoms with Crippen LogP contribution in [-0.4, -0.2) is 36.6 Å². The molecule has 2 unspecified atom stereocenters. The molecule has 0 fully saturated rings. The SMILES string of the molecule is CCNCC(C)C(=O)NCC(C)C(=O)O. The molecule has 0 rings (SSSR count). The van der Waals surface area contributed by atoms with Gasteiger partial charge in [-0.3, -0.25) is 9.59 Å². The smallest absolute Gasteiger partial charge is 0.308 e. The Morgan fingerprint density at radius 2 is 1.80 bits per heavy atom. The summed E-state index contributed by atoms with van der Waals surface area (Å²) in [7, 11) is 0. The molecule has 0 spiro atoms. The monoisotopic (exact) mass is 216 g/mol. The van der Waals surface area contributed by atoms with Crippen molar-refractivity contribution in [3.63, 3.8) is 0 Å². The maximum absolute atomic E-state index is 11.4. The van der Waals surface area contributed by atoms with E-state index in [2.05, 4.69) is 10.6 Å². The summed E-state index contributed by atoms with van der Waals surface area (Å²) in [6.45, 7) is 6.97. The highest BCUT2D eigenvalue weighted by atomic mass is 16.4. The van der Waals surface area contributed by atoms with Crippen molar-refractivity contribution in [3.8, 4) is 0 Å². The fraction of sp³-hybridized carbons (Fsp3) is 0.800. The van der Waals surface area contributed by atoms with Crippen molar-refractivity contribution in [1.82, 2.24) is 10.6 Å². The van der Waals surface area contributed by atoms with Gasteiger partial charge in [0.1, 0.15) is 0 Å². The van der Waals surface area contributed by atoms with Crippen molar-refractivity contribution in [1.29, 1.82) is 0 Å². The van der Waals surface area contributed by atoms with E-state index in [-0.39, 0.29) is 18.4 Å². The van der Waals surface area contributed by atoms with E-state index in [0.29, 0.717) is 6.54 Å². The summed E-state index contributed by atoms with van der Waals surface area (Å²) in [5, 5.41) is 14.3. The van der Waals surface area contributed by atoms with E-state index >= 15 is 0 Å². The molecule has 1 amide bonds. The minimum atomic E-state index is -0.894. The average molecular weight is 216 g/mol. The van der Waals surface area contributed by atoms with E-state index < -0.39 is 11.9 Å². The number of carboxylic acid groups (broad SMARTS) is 1. The van der Waals surface area contributed by atoms with Gasteiger partial charge in [-0.25, -0.2) is 0 Å². The second-order valence-corrected chi connectivity index (χ2v) is 3.69. The molecule has 0 bridgehead atoms. The Labute approximate surface area is 90.2 Å². The van der Waals surface area contributed by atoms with Crippen molar-refractivity contribution >= 4 is 11.9 Å². The molecule has 0 saturated carbocycles. The van der Waals surface area contributed by atoms with Gasteiger partial charge in [-0.2, -0.15) is 0 Å². The largest absolute Gasteiger partial charge is 0.481 e. The van der Waals surface area contributed by atoms with Crippen LogP contribution in [0, 0.1) is 11.8 Å². The molecule has 15 heavy (non-hydrogen) atoms. The summed E-state index contributed by atoms with van der Waals surface area (Å²) in [4.78, 5) is 21.9. The fourth-order valence-electron chi connectivity index (χ4n) is 0.969. The van der Waals surface area contributed by atoms with E-state index in [4.69, 9.17) is 5.11 Å². The van der Waals surface area contributed by atoms with Crippen LogP contribution in [-0.2, 0) is 9.59 Å². The zero-order valence-corrected chi connectivity index (χ0v) is 9.54. The van der Waals surface area contributed by atoms with Gasteiger partial charge in [0.05, 0.1) is 5.92 Å². The second kappa shape index (κ2) is 7.23. The van der Waals surface area contributed by atoms with Crippen LogP contribution in [0.25, 0.3) is 0 Å². The Kier molecular flexibility index (Phi) is 6.70. The number of amides is 1. The van der Waals surface area contributed by atoms with Crippen LogP contribution in [0.1, 0.15) is 20.8 Å². The highest BCUT2D eigenvalue weighted by Crippen LogP contribution is 1.95. The van der Waals surface area contributed by atoms with E-state index in [9.17, 15) is 9.59 Å². The van der Waals surface area contributed by atoms with Crippen molar-refractivity contribution in [3.05, 3.63) is 0 Å². The molecule has 0 saturated heterocycles. The summed E-state index contributed by atoms with van der Waals surface area (Å²) in [5.41, 5.74) is 0. The lowest BCUT2D eigenvalue weighted by Crippen LogP contribution is -2.38. The predicted octanol–water partition coefficient (Wildman–Crippen LogP) is 0.0689. The van der Waals surface area contributed by atoms with Gasteiger partial charge in [0.2, 0.25) is 5.91 Å². The minimum absolute atomic E-state index is 0.107. The van der Waals surface area contributed by atoms with E-state index in [1.807, 2.05) is 13.8 Å². The molecule has 3 N–H and O–H groups in total. The Hall–Kier alpha value is -1.10. The third kappa shape index (κ3) is 6.06. The number of carboxylic acids is 1. The first-order valence-corrected chi connectivity index (χ1v) is 5.20. The third-order valence-electron chi connectivity index (χ3n) is 2.15. The van der Waals surface area contributed by atoms with Crippen molar-refractivity contribution in [2.24, 2.45) is 11.8 Å². The van der Waals surface area contributed by atoms with Crippen LogP contribution in [0.4, 0.5) is 0 Å². The van der Waals surface area contributed by atoms with Gasteiger partial charge in [-0.05, 0) is 6.54 Å². The maximum Gasteiger partial charge on any atom is 0.308 e. The van der Waals surface area contributed by atoms with Crippen LogP contribution >= 0.6 is 0 Å². The summed E-state index contributed by atoms with van der Waals surface area (Å²) >= 11 is 0. The van der Waals surface area contributed by atoms with Crippen molar-refractivity contribution < 1.29 is 14.7 Å². The van der Waals surface area contributed by atoms with Crippen molar-refractivity contribution in [2.45, 2.75) is 20.8 Å². The normalized spacial score (nSPS) is 14.3. The van der Waals surface area contributed by atoms with Crippen LogP contribution in [0.3, 0.4) is 0 Å². The van der Waals surface area contributed by atoms with Gasteiger partial charge in [-0.1, -0.05) is 20.8 Å². The van der Waals surface area contributed by atoms with Gasteiger partial charge in [0.25, 0.3) is 0 Å². The van der Waals surface area contributed by atoms with Crippen LogP contribution < -0.4 is 10.6 Å². The fourth-order valence-corrected chi connectivity index (χ4v) is 0.969. The van der Waals surface area contributed by atoms with Gasteiger partial charge in [0.15, 0.2) is 0 Å². The molecule has 0 heterocycles. The van der Waals surface area contributed by atoms with E-state index in [1.54, 1.807) is 6.92 Å². The van der Waals surface area contributed by atoms with Gasteiger partial charge < -0.3 is 15.7 Å². The lowest BCUT2D eigenvalue weighted by Gasteiger charge is -2.13. The third-order valence-corrected chi connectivity index (χ3v) is 2.15. The molecular weight excluding hydrogens is 196 g/mol. The quantitative estimate of drug-likeness (QED) is 0.562. The topological polar surface area (TPSA) is 78.4 Å². The summed E-state index contributed by atoms with van der Waals surface area (Å²) < 4.78 is 0. The van der Waals surface area contributed by atoms with Crippen LogP contribution in [0.2, 0.25) is 0 Å². The summed E-state index contributed by atoms with van der Waals surface area (Å²) in [6, 6.07) is 0. The molecule has 0 aromatic rings. The molecule has 0 aromatic heterocycles. The number of nitrogens with one attached hydrogen (secondary N) is 2. The van der Waals surface area contributed by atoms with Gasteiger partial charge in [-0.15, -0.1) is 0 Å². The Morgan fingerprint density at radius 3 is 2.27 bits per heavy atom. The highest BCUT2D eigenvalue weighted by molar-refractivity contribution is 5.79. The van der Waals surface area contributed by atoms with Gasteiger partial charge >= 0.3 is 5.97 Å². The number of carbonyl (C=O) groups excluding carboxylic acids is 1. The Bertz CT molecular complexity index is 219. The molecule has 0 radical (unpaired) electrons. The molecule has 2 atom stereocenters. The van der Waals surface area contributed by atoms with Gasteiger partial charge in [0, 0.05) is 19.0 Å².